The quantitative estimate of drug-likeness (QED) is 0.224. The first-order chi connectivity index (χ1) is 17.3. The number of rotatable bonds is 8. The van der Waals surface area contributed by atoms with E-state index >= 15 is 0 Å². The van der Waals surface area contributed by atoms with Gasteiger partial charge in [-0.15, -0.1) is 5.10 Å². The van der Waals surface area contributed by atoms with Gasteiger partial charge >= 0.3 is 5.69 Å². The van der Waals surface area contributed by atoms with Gasteiger partial charge in [-0.2, -0.15) is 9.78 Å². The molecule has 190 valence electrons. The van der Waals surface area contributed by atoms with E-state index in [1.807, 2.05) is 0 Å². The minimum absolute atomic E-state index is 0.0124. The van der Waals surface area contributed by atoms with E-state index < -0.39 is 22.3 Å². The van der Waals surface area contributed by atoms with Crippen molar-refractivity contribution in [3.8, 4) is 17.3 Å². The van der Waals surface area contributed by atoms with Crippen molar-refractivity contribution in [3.05, 3.63) is 39.2 Å². The molecule has 0 radical (unpaired) electrons. The Kier molecular flexibility index (Phi) is 7.05. The number of anilines is 1. The molecule has 1 saturated heterocycles. The highest BCUT2D eigenvalue weighted by Gasteiger charge is 2.28. The van der Waals surface area contributed by atoms with E-state index in [0.717, 1.165) is 31.9 Å². The van der Waals surface area contributed by atoms with Crippen molar-refractivity contribution in [1.29, 1.82) is 0 Å². The van der Waals surface area contributed by atoms with Crippen LogP contribution < -0.4 is 15.9 Å². The number of aromatic nitrogens is 5. The van der Waals surface area contributed by atoms with Crippen LogP contribution in [0.1, 0.15) is 47.9 Å². The van der Waals surface area contributed by atoms with Gasteiger partial charge in [0.15, 0.2) is 11.4 Å². The first-order valence-electron chi connectivity index (χ1n) is 11.0. The van der Waals surface area contributed by atoms with E-state index in [9.17, 15) is 20.0 Å². The molecule has 0 bridgehead atoms. The number of phenols is 1. The summed E-state index contributed by atoms with van der Waals surface area (Å²) in [5, 5.41) is 40.3. The molecule has 2 aromatic heterocycles. The third kappa shape index (κ3) is 4.92. The molecule has 3 aromatic rings. The average molecular weight is 500 g/mol. The third-order valence-electron chi connectivity index (χ3n) is 5.84. The summed E-state index contributed by atoms with van der Waals surface area (Å²) in [6.45, 7) is 3.28. The smallest absolute Gasteiger partial charge is 0.315 e. The Hall–Kier alpha value is -4.60. The zero-order valence-corrected chi connectivity index (χ0v) is 19.5. The summed E-state index contributed by atoms with van der Waals surface area (Å²) in [6.07, 6.45) is 4.33. The molecule has 36 heavy (non-hydrogen) atoms. The van der Waals surface area contributed by atoms with E-state index in [0.29, 0.717) is 12.2 Å². The van der Waals surface area contributed by atoms with Crippen molar-refractivity contribution in [2.45, 2.75) is 38.8 Å². The number of carbonyl (C=O) groups is 1. The fraction of sp³-hybridized carbons (Fsp3) is 0.400. The molecular weight excluding hydrogens is 476 g/mol. The zero-order valence-electron chi connectivity index (χ0n) is 19.5. The number of nitrogen functional groups attached to an aromatic ring is 1. The summed E-state index contributed by atoms with van der Waals surface area (Å²) in [6, 6.07) is 2.70. The first-order valence-corrected chi connectivity index (χ1v) is 11.0. The van der Waals surface area contributed by atoms with Crippen LogP contribution >= 0.6 is 0 Å². The maximum atomic E-state index is 13.0. The minimum Gasteiger partial charge on any atom is -0.500 e. The number of aromatic hydroxyl groups is 1. The SMILES string of the molecule is COc1cc(/C=N\NC(=O)c2nnn(-c3nonc3N)c2CN2CCCCC2C)cc([N+](=O)[O-])c1O. The number of hydrogen-bond donors (Lipinski definition) is 3. The molecule has 16 nitrogen and oxygen atoms in total. The molecule has 1 fully saturated rings. The van der Waals surface area contributed by atoms with E-state index in [1.165, 1.54) is 24.1 Å². The number of ether oxygens (including phenoxy) is 1. The molecule has 3 heterocycles. The number of methoxy groups -OCH3 is 1. The molecule has 1 unspecified atom stereocenters. The predicted octanol–water partition coefficient (Wildman–Crippen LogP) is 0.993. The summed E-state index contributed by atoms with van der Waals surface area (Å²) < 4.78 is 10.9. The Morgan fingerprint density at radius 1 is 1.44 bits per heavy atom. The zero-order chi connectivity index (χ0) is 25.8. The Morgan fingerprint density at radius 3 is 2.92 bits per heavy atom. The number of nitrogens with one attached hydrogen (secondary N) is 1. The fourth-order valence-corrected chi connectivity index (χ4v) is 3.91. The fourth-order valence-electron chi connectivity index (χ4n) is 3.91. The number of hydrogen-bond acceptors (Lipinski definition) is 13. The topological polar surface area (TPSA) is 213 Å². The first kappa shape index (κ1) is 24.5. The van der Waals surface area contributed by atoms with Crippen LogP contribution in [0.25, 0.3) is 5.82 Å². The highest BCUT2D eigenvalue weighted by molar-refractivity contribution is 5.94. The number of nitro benzene ring substituents is 1. The van der Waals surface area contributed by atoms with Gasteiger partial charge in [0.2, 0.25) is 17.4 Å². The second-order valence-corrected chi connectivity index (χ2v) is 8.13. The van der Waals surface area contributed by atoms with Crippen molar-refractivity contribution >= 4 is 23.6 Å². The summed E-state index contributed by atoms with van der Waals surface area (Å²) in [5.41, 5.74) is 8.22. The lowest BCUT2D eigenvalue weighted by Crippen LogP contribution is -2.38. The van der Waals surface area contributed by atoms with Gasteiger partial charge in [-0.25, -0.2) is 10.1 Å². The van der Waals surface area contributed by atoms with Gasteiger partial charge in [-0.05, 0) is 42.7 Å². The summed E-state index contributed by atoms with van der Waals surface area (Å²) in [5.74, 6) is -1.31. The minimum atomic E-state index is -0.760. The van der Waals surface area contributed by atoms with Gasteiger partial charge in [-0.3, -0.25) is 19.8 Å². The van der Waals surface area contributed by atoms with E-state index in [1.54, 1.807) is 0 Å². The second kappa shape index (κ2) is 10.3. The number of nitro groups is 1. The van der Waals surface area contributed by atoms with Gasteiger partial charge in [0.25, 0.3) is 5.91 Å². The lowest BCUT2D eigenvalue weighted by atomic mass is 10.0. The number of nitrogens with two attached hydrogens (primary N) is 1. The van der Waals surface area contributed by atoms with Gasteiger partial charge in [0.05, 0.1) is 23.9 Å². The maximum Gasteiger partial charge on any atom is 0.315 e. The molecule has 1 amide bonds. The normalized spacial score (nSPS) is 16.3. The number of nitrogens with zero attached hydrogens (tertiary/aromatic N) is 8. The largest absolute Gasteiger partial charge is 0.500 e. The number of likely N-dealkylation sites (tertiary alicyclic amines) is 1. The summed E-state index contributed by atoms with van der Waals surface area (Å²) in [7, 11) is 1.26. The number of phenolic OH excluding ortho intramolecular Hbond substituents is 1. The molecule has 0 aliphatic carbocycles. The molecule has 1 atom stereocenters. The average Bonchev–Trinajstić information content (AvgIpc) is 3.46. The molecule has 1 aromatic carbocycles. The molecule has 0 saturated carbocycles. The van der Waals surface area contributed by atoms with E-state index in [2.05, 4.69) is 47.6 Å². The van der Waals surface area contributed by atoms with Crippen LogP contribution in [-0.4, -0.2) is 72.1 Å². The number of benzene rings is 1. The van der Waals surface area contributed by atoms with Crippen molar-refractivity contribution in [2.75, 3.05) is 19.4 Å². The Balaban J connectivity index is 1.60. The second-order valence-electron chi connectivity index (χ2n) is 8.13. The lowest BCUT2D eigenvalue weighted by Gasteiger charge is -2.33. The van der Waals surface area contributed by atoms with Gasteiger partial charge in [-0.1, -0.05) is 11.6 Å². The number of carbonyl (C=O) groups excluding carboxylic acids is 1. The van der Waals surface area contributed by atoms with Crippen molar-refractivity contribution < 1.29 is 24.2 Å². The molecule has 4 rings (SSSR count). The van der Waals surface area contributed by atoms with Crippen molar-refractivity contribution in [2.24, 2.45) is 5.10 Å². The Labute approximate surface area is 203 Å². The van der Waals surface area contributed by atoms with Crippen LogP contribution in [0.2, 0.25) is 0 Å². The predicted molar refractivity (Wildman–Crippen MR) is 124 cm³/mol. The Bertz CT molecular complexity index is 1300. The van der Waals surface area contributed by atoms with Crippen molar-refractivity contribution in [1.82, 2.24) is 35.6 Å². The monoisotopic (exact) mass is 500 g/mol. The Morgan fingerprint density at radius 2 is 2.25 bits per heavy atom. The third-order valence-corrected chi connectivity index (χ3v) is 5.84. The van der Waals surface area contributed by atoms with Crippen LogP contribution in [0.5, 0.6) is 11.5 Å². The summed E-state index contributed by atoms with van der Waals surface area (Å²) >= 11 is 0. The number of amides is 1. The highest BCUT2D eigenvalue weighted by atomic mass is 16.6. The lowest BCUT2D eigenvalue weighted by molar-refractivity contribution is -0.386. The number of piperidine rings is 1. The van der Waals surface area contributed by atoms with Crippen molar-refractivity contribution in [3.63, 3.8) is 0 Å². The van der Waals surface area contributed by atoms with Crippen LogP contribution in [0.15, 0.2) is 21.9 Å². The molecule has 4 N–H and O–H groups in total. The standard InChI is InChI=1S/C20H24N10O6/c1-11-5-3-4-6-28(11)10-14-16(23-27-29(14)19-18(21)25-36-26-19)20(32)24-22-9-12-7-13(30(33)34)17(31)15(8-12)35-2/h7-9,11,31H,3-6,10H2,1-2H3,(H2,21,25)(H,24,32)/b22-9-. The molecule has 1 aliphatic heterocycles. The van der Waals surface area contributed by atoms with E-state index in [-0.39, 0.29) is 34.7 Å². The van der Waals surface area contributed by atoms with E-state index in [4.69, 9.17) is 10.5 Å². The van der Waals surface area contributed by atoms with Crippen LogP contribution in [0, 0.1) is 10.1 Å². The van der Waals surface area contributed by atoms with Gasteiger partial charge in [0, 0.05) is 24.2 Å². The highest BCUT2D eigenvalue weighted by Crippen LogP contribution is 2.36. The van der Waals surface area contributed by atoms with Gasteiger partial charge < -0.3 is 15.6 Å². The summed E-state index contributed by atoms with van der Waals surface area (Å²) in [4.78, 5) is 25.6. The van der Waals surface area contributed by atoms with Gasteiger partial charge in [0.1, 0.15) is 0 Å². The maximum absolute atomic E-state index is 13.0. The molecule has 1 aliphatic rings. The van der Waals surface area contributed by atoms with Crippen LogP contribution in [0.3, 0.4) is 0 Å². The van der Waals surface area contributed by atoms with Crippen LogP contribution in [-0.2, 0) is 6.54 Å². The molecular formula is C20H24N10O6. The molecule has 0 spiro atoms. The number of hydrazone groups is 1. The molecule has 16 heteroatoms. The van der Waals surface area contributed by atoms with Crippen LogP contribution in [0.4, 0.5) is 11.5 Å².